The van der Waals surface area contributed by atoms with Gasteiger partial charge in [0, 0.05) is 0 Å². The fourth-order valence-corrected chi connectivity index (χ4v) is 3.83. The quantitative estimate of drug-likeness (QED) is 0.757. The van der Waals surface area contributed by atoms with Crippen molar-refractivity contribution in [3.63, 3.8) is 0 Å². The van der Waals surface area contributed by atoms with Gasteiger partial charge in [0.05, 0.1) is 24.0 Å². The van der Waals surface area contributed by atoms with E-state index in [0.717, 1.165) is 19.3 Å². The third-order valence-electron chi connectivity index (χ3n) is 4.67. The number of ether oxygens (including phenoxy) is 1. The van der Waals surface area contributed by atoms with Crippen LogP contribution >= 0.6 is 11.8 Å². The number of carbonyl (C=O) groups excluding carboxylic acids is 1. The number of hydrogen-bond donors (Lipinski definition) is 1. The molecule has 1 fully saturated rings. The molecule has 1 aromatic carbocycles. The van der Waals surface area contributed by atoms with Crippen LogP contribution in [0.5, 0.6) is 5.75 Å². The fourth-order valence-electron chi connectivity index (χ4n) is 3.15. The van der Waals surface area contributed by atoms with Crippen molar-refractivity contribution in [3.05, 3.63) is 24.3 Å². The highest BCUT2D eigenvalue weighted by atomic mass is 32.2. The molecule has 1 aliphatic carbocycles. The minimum atomic E-state index is -0.748. The van der Waals surface area contributed by atoms with Crippen LogP contribution in [0.3, 0.4) is 0 Å². The third-order valence-corrected chi connectivity index (χ3v) is 5.61. The molecular weight excluding hydrogens is 364 g/mol. The number of nitrogens with zero attached hydrogens (tertiary/aromatic N) is 3. The van der Waals surface area contributed by atoms with E-state index >= 15 is 0 Å². The molecule has 2 aromatic rings. The SMILES string of the molecule is COc1ccccc1-c1nnc(SC(C)C(=O)NC2(C#N)CCCCC2)o1. The summed E-state index contributed by atoms with van der Waals surface area (Å²) in [5.74, 6) is 0.778. The highest BCUT2D eigenvalue weighted by molar-refractivity contribution is 8.00. The van der Waals surface area contributed by atoms with Crippen molar-refractivity contribution >= 4 is 17.7 Å². The molecule has 1 amide bonds. The standard InChI is InChI=1S/C19H22N4O3S/c1-13(16(24)21-19(12-20)10-6-3-7-11-19)27-18-23-22-17(26-18)14-8-4-5-9-15(14)25-2/h4-5,8-9,13H,3,6-7,10-11H2,1-2H3,(H,21,24). The molecule has 27 heavy (non-hydrogen) atoms. The van der Waals surface area contributed by atoms with Crippen LogP contribution in [0, 0.1) is 11.3 Å². The summed E-state index contributed by atoms with van der Waals surface area (Å²) in [5, 5.41) is 20.4. The molecule has 1 aromatic heterocycles. The van der Waals surface area contributed by atoms with Gasteiger partial charge in [-0.25, -0.2) is 0 Å². The Kier molecular flexibility index (Phi) is 6.01. The number of rotatable bonds is 6. The van der Waals surface area contributed by atoms with Gasteiger partial charge in [0.25, 0.3) is 11.1 Å². The zero-order chi connectivity index (χ0) is 19.3. The molecule has 0 spiro atoms. The van der Waals surface area contributed by atoms with Crippen LogP contribution in [0.4, 0.5) is 0 Å². The summed E-state index contributed by atoms with van der Waals surface area (Å²) in [6, 6.07) is 9.66. The van der Waals surface area contributed by atoms with Crippen LogP contribution in [0.2, 0.25) is 0 Å². The average molecular weight is 386 g/mol. The Morgan fingerprint density at radius 1 is 1.33 bits per heavy atom. The molecule has 0 bridgehead atoms. The number of para-hydroxylation sites is 1. The predicted octanol–water partition coefficient (Wildman–Crippen LogP) is 3.57. The monoisotopic (exact) mass is 386 g/mol. The molecule has 0 saturated heterocycles. The van der Waals surface area contributed by atoms with Crippen molar-refractivity contribution in [3.8, 4) is 23.3 Å². The summed E-state index contributed by atoms with van der Waals surface area (Å²) < 4.78 is 11.0. The molecular formula is C19H22N4O3S. The number of nitrogens with one attached hydrogen (secondary N) is 1. The lowest BCUT2D eigenvalue weighted by molar-refractivity contribution is -0.122. The number of benzene rings is 1. The van der Waals surface area contributed by atoms with E-state index in [1.54, 1.807) is 14.0 Å². The number of thioether (sulfide) groups is 1. The lowest BCUT2D eigenvalue weighted by Gasteiger charge is -2.32. The second-order valence-corrected chi connectivity index (χ2v) is 7.87. The number of methoxy groups -OCH3 is 1. The molecule has 0 aliphatic heterocycles. The summed E-state index contributed by atoms with van der Waals surface area (Å²) in [6.45, 7) is 1.76. The fraction of sp³-hybridized carbons (Fsp3) is 0.474. The van der Waals surface area contributed by atoms with E-state index < -0.39 is 10.8 Å². The van der Waals surface area contributed by atoms with E-state index in [0.29, 0.717) is 35.3 Å². The molecule has 1 unspecified atom stereocenters. The maximum absolute atomic E-state index is 12.6. The van der Waals surface area contributed by atoms with Crippen LogP contribution in [-0.2, 0) is 4.79 Å². The Hall–Kier alpha value is -2.53. The largest absolute Gasteiger partial charge is 0.496 e. The molecule has 7 nitrogen and oxygen atoms in total. The second-order valence-electron chi connectivity index (χ2n) is 6.58. The molecule has 1 heterocycles. The van der Waals surface area contributed by atoms with E-state index in [1.807, 2.05) is 24.3 Å². The summed E-state index contributed by atoms with van der Waals surface area (Å²) in [4.78, 5) is 12.6. The Bertz CT molecular complexity index is 839. The van der Waals surface area contributed by atoms with Gasteiger partial charge in [0.15, 0.2) is 0 Å². The Morgan fingerprint density at radius 2 is 2.07 bits per heavy atom. The van der Waals surface area contributed by atoms with Crippen LogP contribution in [-0.4, -0.2) is 34.0 Å². The molecule has 0 radical (unpaired) electrons. The van der Waals surface area contributed by atoms with Crippen molar-refractivity contribution in [2.75, 3.05) is 7.11 Å². The second kappa shape index (κ2) is 8.44. The van der Waals surface area contributed by atoms with Gasteiger partial charge in [-0.15, -0.1) is 10.2 Å². The van der Waals surface area contributed by atoms with Crippen LogP contribution in [0.15, 0.2) is 33.9 Å². The number of aromatic nitrogens is 2. The first-order valence-electron chi connectivity index (χ1n) is 8.94. The van der Waals surface area contributed by atoms with Crippen LogP contribution in [0.25, 0.3) is 11.5 Å². The van der Waals surface area contributed by atoms with Crippen molar-refractivity contribution in [1.82, 2.24) is 15.5 Å². The molecule has 1 N–H and O–H groups in total. The molecule has 1 aliphatic rings. The normalized spacial score (nSPS) is 16.9. The number of amides is 1. The van der Waals surface area contributed by atoms with Crippen molar-refractivity contribution in [2.45, 2.75) is 55.0 Å². The summed E-state index contributed by atoms with van der Waals surface area (Å²) in [7, 11) is 1.58. The lowest BCUT2D eigenvalue weighted by atomic mass is 9.83. The van der Waals surface area contributed by atoms with Crippen molar-refractivity contribution in [2.24, 2.45) is 0 Å². The van der Waals surface area contributed by atoms with Crippen molar-refractivity contribution in [1.29, 1.82) is 5.26 Å². The zero-order valence-corrected chi connectivity index (χ0v) is 16.2. The van der Waals surface area contributed by atoms with Gasteiger partial charge < -0.3 is 14.5 Å². The number of carbonyl (C=O) groups is 1. The molecule has 142 valence electrons. The average Bonchev–Trinajstić information content (AvgIpc) is 3.16. The Morgan fingerprint density at radius 3 is 2.78 bits per heavy atom. The zero-order valence-electron chi connectivity index (χ0n) is 15.4. The first kappa shape index (κ1) is 19.2. The van der Waals surface area contributed by atoms with Gasteiger partial charge in [0.2, 0.25) is 5.91 Å². The lowest BCUT2D eigenvalue weighted by Crippen LogP contribution is -2.50. The highest BCUT2D eigenvalue weighted by Crippen LogP contribution is 2.32. The van der Waals surface area contributed by atoms with Crippen molar-refractivity contribution < 1.29 is 13.9 Å². The topological polar surface area (TPSA) is 101 Å². The molecule has 1 atom stereocenters. The molecule has 8 heteroatoms. The number of hydrogen-bond acceptors (Lipinski definition) is 7. The van der Waals surface area contributed by atoms with E-state index in [9.17, 15) is 10.1 Å². The van der Waals surface area contributed by atoms with Gasteiger partial charge >= 0.3 is 0 Å². The smallest absolute Gasteiger partial charge is 0.277 e. The van der Waals surface area contributed by atoms with Crippen LogP contribution in [0.1, 0.15) is 39.0 Å². The van der Waals surface area contributed by atoms with Gasteiger partial charge in [0.1, 0.15) is 11.3 Å². The Balaban J connectivity index is 1.66. The molecule has 1 saturated carbocycles. The van der Waals surface area contributed by atoms with E-state index in [1.165, 1.54) is 11.8 Å². The van der Waals surface area contributed by atoms with Crippen LogP contribution < -0.4 is 10.1 Å². The minimum absolute atomic E-state index is 0.194. The van der Waals surface area contributed by atoms with E-state index in [-0.39, 0.29) is 5.91 Å². The first-order valence-corrected chi connectivity index (χ1v) is 9.82. The highest BCUT2D eigenvalue weighted by Gasteiger charge is 2.35. The predicted molar refractivity (Wildman–Crippen MR) is 101 cm³/mol. The minimum Gasteiger partial charge on any atom is -0.496 e. The Labute approximate surface area is 162 Å². The van der Waals surface area contributed by atoms with E-state index in [2.05, 4.69) is 21.6 Å². The number of nitriles is 1. The van der Waals surface area contributed by atoms with Gasteiger partial charge in [-0.05, 0) is 31.9 Å². The summed E-state index contributed by atoms with van der Waals surface area (Å²) in [5.41, 5.74) is -0.0521. The van der Waals surface area contributed by atoms with Gasteiger partial charge in [-0.1, -0.05) is 43.2 Å². The summed E-state index contributed by atoms with van der Waals surface area (Å²) >= 11 is 1.18. The summed E-state index contributed by atoms with van der Waals surface area (Å²) in [6.07, 6.45) is 4.43. The molecule has 3 rings (SSSR count). The van der Waals surface area contributed by atoms with Gasteiger partial charge in [-0.2, -0.15) is 5.26 Å². The van der Waals surface area contributed by atoms with Gasteiger partial charge in [-0.3, -0.25) is 4.79 Å². The maximum Gasteiger partial charge on any atom is 0.277 e. The first-order chi connectivity index (χ1) is 13.1. The van der Waals surface area contributed by atoms with E-state index in [4.69, 9.17) is 9.15 Å². The third kappa shape index (κ3) is 4.42. The maximum atomic E-state index is 12.6.